The van der Waals surface area contributed by atoms with Crippen LogP contribution in [0.3, 0.4) is 0 Å². The summed E-state index contributed by atoms with van der Waals surface area (Å²) in [6.07, 6.45) is 1.74. The Morgan fingerprint density at radius 1 is 1.00 bits per heavy atom. The molecule has 3 aromatic carbocycles. The van der Waals surface area contributed by atoms with E-state index in [0.717, 1.165) is 25.7 Å². The Labute approximate surface area is 277 Å². The molecule has 3 aromatic heterocycles. The van der Waals surface area contributed by atoms with Gasteiger partial charge < -0.3 is 9.15 Å². The van der Waals surface area contributed by atoms with Crippen LogP contribution in [0.4, 0.5) is 0 Å². The molecule has 0 unspecified atom stereocenters. The first-order valence-electron chi connectivity index (χ1n) is 14.9. The SMILES string of the molecule is CCOC(=O)C1=C(c2ccccc2)N=c2s/c(=C/c3ccc(Sc4nc5ccccc5s4)o3)c(=O)n2[C@H]1c1ccc(C(C)C)cc1. The summed E-state index contributed by atoms with van der Waals surface area (Å²) in [5, 5.41) is 0.678. The van der Waals surface area contributed by atoms with E-state index in [9.17, 15) is 9.59 Å². The van der Waals surface area contributed by atoms with Gasteiger partial charge in [-0.15, -0.1) is 11.3 Å². The molecule has 0 aliphatic carbocycles. The van der Waals surface area contributed by atoms with Crippen molar-refractivity contribution in [3.63, 3.8) is 0 Å². The van der Waals surface area contributed by atoms with Crippen molar-refractivity contribution in [1.29, 1.82) is 0 Å². The Morgan fingerprint density at radius 2 is 1.76 bits per heavy atom. The lowest BCUT2D eigenvalue weighted by atomic mass is 9.91. The maximum atomic E-state index is 14.2. The zero-order valence-corrected chi connectivity index (χ0v) is 27.7. The normalized spacial score (nSPS) is 15.0. The highest BCUT2D eigenvalue weighted by molar-refractivity contribution is 8.01. The van der Waals surface area contributed by atoms with Gasteiger partial charge in [0.05, 0.1) is 38.7 Å². The molecular formula is C36H29N3O4S3. The molecule has 1 aliphatic heterocycles. The first kappa shape index (κ1) is 30.2. The molecule has 46 heavy (non-hydrogen) atoms. The van der Waals surface area contributed by atoms with Gasteiger partial charge in [-0.2, -0.15) is 0 Å². The van der Waals surface area contributed by atoms with Crippen LogP contribution in [-0.4, -0.2) is 22.1 Å². The maximum absolute atomic E-state index is 14.2. The van der Waals surface area contributed by atoms with Crippen molar-refractivity contribution in [3.05, 3.63) is 139 Å². The second kappa shape index (κ2) is 12.7. The van der Waals surface area contributed by atoms with Crippen LogP contribution in [0.5, 0.6) is 0 Å². The van der Waals surface area contributed by atoms with Crippen molar-refractivity contribution in [3.8, 4) is 0 Å². The van der Waals surface area contributed by atoms with Crippen molar-refractivity contribution < 1.29 is 13.9 Å². The molecule has 0 fully saturated rings. The largest absolute Gasteiger partial charge is 0.463 e. The lowest BCUT2D eigenvalue weighted by molar-refractivity contribution is -0.138. The summed E-state index contributed by atoms with van der Waals surface area (Å²) >= 11 is 4.32. The van der Waals surface area contributed by atoms with Gasteiger partial charge in [0.15, 0.2) is 14.2 Å². The first-order valence-corrected chi connectivity index (χ1v) is 17.4. The minimum Gasteiger partial charge on any atom is -0.463 e. The standard InChI is InChI=1S/C36H29N3O4S3/c1-4-42-34(41)30-31(23-10-6-5-7-11-23)38-35-39(32(30)24-16-14-22(15-17-24)21(2)3)33(40)28(44-35)20-25-18-19-29(43-25)46-36-37-26-12-8-9-13-27(26)45-36/h5-21,32H,4H2,1-3H3/b28-20+/t32-/m0/s1. The van der Waals surface area contributed by atoms with Crippen LogP contribution in [0.15, 0.2) is 120 Å². The average Bonchev–Trinajstić information content (AvgIpc) is 3.77. The topological polar surface area (TPSA) is 86.7 Å². The number of hydrogen-bond acceptors (Lipinski definition) is 9. The predicted octanol–water partition coefficient (Wildman–Crippen LogP) is 7.41. The highest BCUT2D eigenvalue weighted by Crippen LogP contribution is 2.37. The van der Waals surface area contributed by atoms with Crippen molar-refractivity contribution in [2.75, 3.05) is 6.61 Å². The number of hydrogen-bond donors (Lipinski definition) is 0. The van der Waals surface area contributed by atoms with E-state index in [1.165, 1.54) is 28.7 Å². The van der Waals surface area contributed by atoms with E-state index >= 15 is 0 Å². The van der Waals surface area contributed by atoms with Gasteiger partial charge in [0, 0.05) is 11.6 Å². The number of ether oxygens (including phenoxy) is 1. The molecule has 10 heteroatoms. The zero-order chi connectivity index (χ0) is 31.8. The molecule has 6 aromatic rings. The van der Waals surface area contributed by atoms with Crippen LogP contribution in [0.1, 0.15) is 55.2 Å². The Balaban J connectivity index is 1.35. The van der Waals surface area contributed by atoms with Crippen LogP contribution in [-0.2, 0) is 9.53 Å². The van der Waals surface area contributed by atoms with Crippen molar-refractivity contribution in [2.24, 2.45) is 4.99 Å². The minimum absolute atomic E-state index is 0.198. The number of furan rings is 1. The summed E-state index contributed by atoms with van der Waals surface area (Å²) in [7, 11) is 0. The molecule has 0 saturated carbocycles. The quantitative estimate of drug-likeness (QED) is 0.158. The number of esters is 1. The number of nitrogens with zero attached hydrogens (tertiary/aromatic N) is 3. The number of benzene rings is 3. The highest BCUT2D eigenvalue weighted by atomic mass is 32.2. The van der Waals surface area contributed by atoms with Crippen molar-refractivity contribution >= 4 is 62.4 Å². The Bertz CT molecular complexity index is 2240. The molecule has 7 rings (SSSR count). The highest BCUT2D eigenvalue weighted by Gasteiger charge is 2.35. The number of thiazole rings is 2. The second-order valence-electron chi connectivity index (χ2n) is 11.0. The first-order chi connectivity index (χ1) is 22.4. The minimum atomic E-state index is -0.726. The molecule has 0 radical (unpaired) electrons. The third-order valence-electron chi connectivity index (χ3n) is 7.63. The number of aromatic nitrogens is 2. The number of para-hydroxylation sites is 1. The fourth-order valence-electron chi connectivity index (χ4n) is 5.40. The summed E-state index contributed by atoms with van der Waals surface area (Å²) in [5.41, 5.74) is 4.26. The summed E-state index contributed by atoms with van der Waals surface area (Å²) in [5.74, 6) is 0.376. The number of rotatable bonds is 8. The summed E-state index contributed by atoms with van der Waals surface area (Å²) < 4.78 is 15.8. The number of fused-ring (bicyclic) bond motifs is 2. The van der Waals surface area contributed by atoms with Gasteiger partial charge in [0.1, 0.15) is 5.76 Å². The third-order valence-corrected chi connectivity index (χ3v) is 10.6. The summed E-state index contributed by atoms with van der Waals surface area (Å²) in [6.45, 7) is 6.24. The van der Waals surface area contributed by atoms with E-state index in [1.807, 2.05) is 91.0 Å². The van der Waals surface area contributed by atoms with Crippen LogP contribution in [0.25, 0.3) is 22.0 Å². The molecular weight excluding hydrogens is 635 g/mol. The molecule has 0 saturated heterocycles. The molecule has 230 valence electrons. The van der Waals surface area contributed by atoms with Gasteiger partial charge in [-0.05, 0) is 60.0 Å². The Kier molecular flexibility index (Phi) is 8.33. The average molecular weight is 664 g/mol. The van der Waals surface area contributed by atoms with Gasteiger partial charge in [-0.1, -0.05) is 91.9 Å². The summed E-state index contributed by atoms with van der Waals surface area (Å²) in [4.78, 5) is 38.0. The van der Waals surface area contributed by atoms with Crippen LogP contribution in [0.2, 0.25) is 0 Å². The smallest absolute Gasteiger partial charge is 0.338 e. The number of carbonyl (C=O) groups is 1. The molecule has 0 spiro atoms. The third kappa shape index (κ3) is 5.79. The van der Waals surface area contributed by atoms with Crippen molar-refractivity contribution in [2.45, 2.75) is 42.2 Å². The van der Waals surface area contributed by atoms with Crippen LogP contribution >= 0.6 is 34.4 Å². The van der Waals surface area contributed by atoms with Crippen molar-refractivity contribution in [1.82, 2.24) is 9.55 Å². The van der Waals surface area contributed by atoms with E-state index in [0.29, 0.717) is 37.4 Å². The number of carbonyl (C=O) groups excluding carboxylic acids is 1. The maximum Gasteiger partial charge on any atom is 0.338 e. The van der Waals surface area contributed by atoms with E-state index < -0.39 is 12.0 Å². The fraction of sp³-hybridized carbons (Fsp3) is 0.167. The lowest BCUT2D eigenvalue weighted by Gasteiger charge is -2.26. The van der Waals surface area contributed by atoms with Gasteiger partial charge >= 0.3 is 5.97 Å². The van der Waals surface area contributed by atoms with E-state index in [1.54, 1.807) is 28.9 Å². The van der Waals surface area contributed by atoms with E-state index in [4.69, 9.17) is 14.1 Å². The monoisotopic (exact) mass is 663 g/mol. The van der Waals surface area contributed by atoms with Gasteiger partial charge in [0.2, 0.25) is 0 Å². The second-order valence-corrected chi connectivity index (χ2v) is 14.3. The Hall–Kier alpha value is -4.51. The molecule has 0 bridgehead atoms. The zero-order valence-electron chi connectivity index (χ0n) is 25.3. The molecule has 4 heterocycles. The molecule has 0 N–H and O–H groups in total. The predicted molar refractivity (Wildman–Crippen MR) is 184 cm³/mol. The lowest BCUT2D eigenvalue weighted by Crippen LogP contribution is -2.40. The van der Waals surface area contributed by atoms with Crippen LogP contribution in [0, 0.1) is 0 Å². The molecule has 1 aliphatic rings. The fourth-order valence-corrected chi connectivity index (χ4v) is 8.35. The molecule has 0 amide bonds. The molecule has 1 atom stereocenters. The molecule has 7 nitrogen and oxygen atoms in total. The van der Waals surface area contributed by atoms with Gasteiger partial charge in [0.25, 0.3) is 5.56 Å². The van der Waals surface area contributed by atoms with Gasteiger partial charge in [-0.25, -0.2) is 14.8 Å². The summed E-state index contributed by atoms with van der Waals surface area (Å²) in [6, 6.07) is 28.6. The van der Waals surface area contributed by atoms with Crippen LogP contribution < -0.4 is 14.9 Å². The van der Waals surface area contributed by atoms with E-state index in [2.05, 4.69) is 18.8 Å². The van der Waals surface area contributed by atoms with Gasteiger partial charge in [-0.3, -0.25) is 9.36 Å². The van der Waals surface area contributed by atoms with E-state index in [-0.39, 0.29) is 12.2 Å². The Morgan fingerprint density at radius 3 is 2.50 bits per heavy atom.